The molecule has 0 radical (unpaired) electrons. The van der Waals surface area contributed by atoms with E-state index in [1.807, 2.05) is 42.5 Å². The summed E-state index contributed by atoms with van der Waals surface area (Å²) in [7, 11) is 0. The van der Waals surface area contributed by atoms with Crippen molar-refractivity contribution >= 4 is 24.4 Å². The predicted molar refractivity (Wildman–Crippen MR) is 117 cm³/mol. The van der Waals surface area contributed by atoms with Crippen LogP contribution >= 0.6 is 0 Å². The molecule has 0 amide bonds. The van der Waals surface area contributed by atoms with Gasteiger partial charge in [0.15, 0.2) is 11.5 Å². The highest BCUT2D eigenvalue weighted by Crippen LogP contribution is 2.33. The van der Waals surface area contributed by atoms with Crippen LogP contribution < -0.4 is 20.2 Å². The summed E-state index contributed by atoms with van der Waals surface area (Å²) >= 11 is 0. The highest BCUT2D eigenvalue weighted by Gasteiger charge is 2.10. The zero-order chi connectivity index (χ0) is 21.0. The molecule has 30 heavy (non-hydrogen) atoms. The molecule has 1 aliphatic rings. The first-order valence-corrected chi connectivity index (χ1v) is 9.34. The Bertz CT molecular complexity index is 959. The summed E-state index contributed by atoms with van der Waals surface area (Å²) in [5.41, 5.74) is 5.13. The van der Waals surface area contributed by atoms with Crippen LogP contribution in [-0.2, 0) is 13.2 Å². The van der Waals surface area contributed by atoms with E-state index in [2.05, 4.69) is 37.5 Å². The van der Waals surface area contributed by atoms with Crippen LogP contribution in [0, 0.1) is 0 Å². The molecule has 0 atom stereocenters. The zero-order valence-corrected chi connectivity index (χ0v) is 16.4. The number of aromatic amines is 1. The summed E-state index contributed by atoms with van der Waals surface area (Å²) in [6.07, 6.45) is 4.96. The second-order valence-electron chi connectivity index (χ2n) is 6.08. The van der Waals surface area contributed by atoms with Crippen molar-refractivity contribution in [1.29, 1.82) is 0 Å². The molecule has 0 bridgehead atoms. The molecule has 0 saturated carbocycles. The zero-order valence-electron chi connectivity index (χ0n) is 16.4. The Labute approximate surface area is 174 Å². The summed E-state index contributed by atoms with van der Waals surface area (Å²) in [6.45, 7) is 5.11. The second-order valence-corrected chi connectivity index (χ2v) is 6.08. The van der Waals surface area contributed by atoms with Crippen LogP contribution in [0.15, 0.2) is 65.0 Å². The minimum atomic E-state index is 0.0430. The van der Waals surface area contributed by atoms with E-state index in [0.717, 1.165) is 34.3 Å². The number of aliphatic imine (C=N–C) groups is 1. The number of hydrogen-bond donors (Lipinski definition) is 4. The van der Waals surface area contributed by atoms with Crippen molar-refractivity contribution in [3.8, 4) is 11.5 Å². The Morgan fingerprint density at radius 2 is 2.00 bits per heavy atom. The Morgan fingerprint density at radius 1 is 1.17 bits per heavy atom. The average molecular weight is 408 g/mol. The van der Waals surface area contributed by atoms with Gasteiger partial charge in [-0.1, -0.05) is 18.2 Å². The van der Waals surface area contributed by atoms with Gasteiger partial charge in [0, 0.05) is 36.4 Å². The number of hydrazone groups is 1. The molecular weight excluding hydrogens is 384 g/mol. The normalized spacial score (nSPS) is 12.0. The maximum absolute atomic E-state index is 9.11. The minimum Gasteiger partial charge on any atom is -0.486 e. The first-order valence-electron chi connectivity index (χ1n) is 9.34. The number of imidazole rings is 1. The molecule has 0 spiro atoms. The lowest BCUT2D eigenvalue weighted by Gasteiger charge is -2.17. The highest BCUT2D eigenvalue weighted by atomic mass is 16.6. The number of rotatable bonds is 7. The van der Waals surface area contributed by atoms with Gasteiger partial charge in [-0.2, -0.15) is 5.10 Å². The van der Waals surface area contributed by atoms with E-state index >= 15 is 0 Å². The van der Waals surface area contributed by atoms with Gasteiger partial charge in [-0.15, -0.1) is 0 Å². The smallest absolute Gasteiger partial charge is 0.163 e. The van der Waals surface area contributed by atoms with E-state index in [4.69, 9.17) is 14.6 Å². The summed E-state index contributed by atoms with van der Waals surface area (Å²) in [5, 5.41) is 15.8. The fraction of sp³-hybridized carbons (Fsp3) is 0.190. The SMILES string of the molecule is C=NNC=Nc1ccc2c(c1)OCCO2.OCc1ccccc1NCc1ncc[nH]1. The lowest BCUT2D eigenvalue weighted by molar-refractivity contribution is 0.171. The van der Waals surface area contributed by atoms with Crippen molar-refractivity contribution in [3.05, 3.63) is 66.2 Å². The van der Waals surface area contributed by atoms with Gasteiger partial charge >= 0.3 is 0 Å². The Kier molecular flexibility index (Phi) is 7.81. The van der Waals surface area contributed by atoms with E-state index < -0.39 is 0 Å². The van der Waals surface area contributed by atoms with Crippen LogP contribution in [0.2, 0.25) is 0 Å². The summed E-state index contributed by atoms with van der Waals surface area (Å²) in [6, 6.07) is 13.2. The maximum atomic E-state index is 9.11. The summed E-state index contributed by atoms with van der Waals surface area (Å²) < 4.78 is 10.8. The Balaban J connectivity index is 0.000000171. The van der Waals surface area contributed by atoms with E-state index in [1.54, 1.807) is 12.4 Å². The highest BCUT2D eigenvalue weighted by molar-refractivity contribution is 5.63. The van der Waals surface area contributed by atoms with Gasteiger partial charge in [0.2, 0.25) is 0 Å². The number of H-pyrrole nitrogens is 1. The Hall–Kier alpha value is -3.85. The molecule has 9 nitrogen and oxygen atoms in total. The van der Waals surface area contributed by atoms with Gasteiger partial charge in [-0.05, 0) is 18.2 Å². The molecule has 2 aromatic carbocycles. The topological polar surface area (TPSA) is 116 Å². The van der Waals surface area contributed by atoms with Crippen molar-refractivity contribution in [2.75, 3.05) is 18.5 Å². The van der Waals surface area contributed by atoms with Gasteiger partial charge in [0.05, 0.1) is 18.8 Å². The third-order valence-electron chi connectivity index (χ3n) is 4.08. The molecule has 9 heteroatoms. The molecule has 1 aliphatic heterocycles. The first-order chi connectivity index (χ1) is 14.8. The number of fused-ring (bicyclic) bond motifs is 1. The van der Waals surface area contributed by atoms with Crippen LogP contribution in [0.3, 0.4) is 0 Å². The fourth-order valence-corrected chi connectivity index (χ4v) is 2.66. The lowest BCUT2D eigenvalue weighted by Crippen LogP contribution is -2.14. The number of anilines is 1. The number of aromatic nitrogens is 2. The quantitative estimate of drug-likeness (QED) is 0.271. The van der Waals surface area contributed by atoms with Crippen molar-refractivity contribution in [1.82, 2.24) is 15.4 Å². The first kappa shape index (κ1) is 20.9. The molecule has 2 heterocycles. The summed E-state index contributed by atoms with van der Waals surface area (Å²) in [4.78, 5) is 11.2. The van der Waals surface area contributed by atoms with Gasteiger partial charge in [0.1, 0.15) is 25.4 Å². The van der Waals surface area contributed by atoms with E-state index in [9.17, 15) is 0 Å². The van der Waals surface area contributed by atoms with E-state index in [1.165, 1.54) is 6.34 Å². The molecule has 0 unspecified atom stereocenters. The van der Waals surface area contributed by atoms with Crippen LogP contribution in [0.25, 0.3) is 0 Å². The number of aliphatic hydroxyl groups excluding tert-OH is 1. The number of para-hydroxylation sites is 1. The van der Waals surface area contributed by atoms with Crippen molar-refractivity contribution in [2.24, 2.45) is 10.1 Å². The van der Waals surface area contributed by atoms with Crippen LogP contribution in [0.5, 0.6) is 11.5 Å². The van der Waals surface area contributed by atoms with Gasteiger partial charge in [-0.25, -0.2) is 9.98 Å². The van der Waals surface area contributed by atoms with Gasteiger partial charge < -0.3 is 24.9 Å². The lowest BCUT2D eigenvalue weighted by atomic mass is 10.2. The molecule has 4 N–H and O–H groups in total. The molecule has 1 aromatic heterocycles. The minimum absolute atomic E-state index is 0.0430. The van der Waals surface area contributed by atoms with Crippen molar-refractivity contribution < 1.29 is 14.6 Å². The average Bonchev–Trinajstić information content (AvgIpc) is 3.32. The molecule has 4 rings (SSSR count). The number of ether oxygens (including phenoxy) is 2. The third-order valence-corrected chi connectivity index (χ3v) is 4.08. The second kappa shape index (κ2) is 11.2. The number of nitrogens with zero attached hydrogens (tertiary/aromatic N) is 3. The molecule has 156 valence electrons. The maximum Gasteiger partial charge on any atom is 0.163 e. The predicted octanol–water partition coefficient (Wildman–Crippen LogP) is 2.84. The molecule has 0 fully saturated rings. The largest absolute Gasteiger partial charge is 0.486 e. The molecular formula is C21H24N6O3. The number of nitrogens with one attached hydrogen (secondary N) is 3. The number of hydrogen-bond acceptors (Lipinski definition) is 7. The fourth-order valence-electron chi connectivity index (χ4n) is 2.66. The van der Waals surface area contributed by atoms with Crippen LogP contribution in [-0.4, -0.2) is 41.3 Å². The Morgan fingerprint density at radius 3 is 2.77 bits per heavy atom. The molecule has 3 aromatic rings. The van der Waals surface area contributed by atoms with Crippen LogP contribution in [0.1, 0.15) is 11.4 Å². The standard InChI is InChI=1S/C11H13N3O.C10H11N3O2/c15-8-9-3-1-2-4-10(9)14-7-11-12-5-6-13-11;1-11-13-7-12-8-2-3-9-10(6-8)15-5-4-14-9/h1-6,14-15H,7-8H2,(H,12,13);2-3,6-7H,1,4-5H2,(H,12,13). The third kappa shape index (κ3) is 6.08. The van der Waals surface area contributed by atoms with Crippen molar-refractivity contribution in [2.45, 2.75) is 13.2 Å². The van der Waals surface area contributed by atoms with E-state index in [0.29, 0.717) is 19.8 Å². The van der Waals surface area contributed by atoms with E-state index in [-0.39, 0.29) is 6.61 Å². The van der Waals surface area contributed by atoms with Crippen molar-refractivity contribution in [3.63, 3.8) is 0 Å². The van der Waals surface area contributed by atoms with Gasteiger partial charge in [-0.3, -0.25) is 5.43 Å². The molecule has 0 aliphatic carbocycles. The van der Waals surface area contributed by atoms with Crippen LogP contribution in [0.4, 0.5) is 11.4 Å². The molecule has 0 saturated heterocycles. The monoisotopic (exact) mass is 408 g/mol. The number of benzene rings is 2. The summed E-state index contributed by atoms with van der Waals surface area (Å²) in [5.74, 6) is 2.36. The van der Waals surface area contributed by atoms with Gasteiger partial charge in [0.25, 0.3) is 0 Å². The number of aliphatic hydroxyl groups is 1.